The van der Waals surface area contributed by atoms with Crippen molar-refractivity contribution < 1.29 is 14.4 Å². The summed E-state index contributed by atoms with van der Waals surface area (Å²) in [6.07, 6.45) is 1.21. The lowest BCUT2D eigenvalue weighted by molar-refractivity contribution is -0.141. The second-order valence-corrected chi connectivity index (χ2v) is 4.89. The van der Waals surface area contributed by atoms with E-state index in [0.29, 0.717) is 18.5 Å². The first-order valence-corrected chi connectivity index (χ1v) is 6.41. The van der Waals surface area contributed by atoms with E-state index in [0.717, 1.165) is 11.1 Å². The number of anilines is 1. The monoisotopic (exact) mass is 275 g/mol. The first-order chi connectivity index (χ1) is 9.52. The van der Waals surface area contributed by atoms with Crippen LogP contribution in [-0.4, -0.2) is 29.2 Å². The van der Waals surface area contributed by atoms with Crippen molar-refractivity contribution in [2.45, 2.75) is 32.4 Å². The summed E-state index contributed by atoms with van der Waals surface area (Å²) in [4.78, 5) is 35.6. The molecule has 1 aliphatic heterocycles. The fourth-order valence-electron chi connectivity index (χ4n) is 2.34. The maximum atomic E-state index is 11.8. The van der Waals surface area contributed by atoms with Crippen LogP contribution in [0.15, 0.2) is 18.2 Å². The molecule has 0 spiro atoms. The molecule has 6 heteroatoms. The predicted molar refractivity (Wildman–Crippen MR) is 73.4 cm³/mol. The Morgan fingerprint density at radius 1 is 1.45 bits per heavy atom. The standard InChI is InChI=1S/C14H17N3O3/c1-9-3-2-4-11(15)10(9)7-17(8-18)12-5-6-13(19)16-14(12)20/h2-4,8,12H,5-7,15H2,1H3,(H,16,19,20). The number of imide groups is 1. The van der Waals surface area contributed by atoms with Crippen molar-refractivity contribution in [1.29, 1.82) is 0 Å². The largest absolute Gasteiger partial charge is 0.398 e. The molecule has 1 atom stereocenters. The minimum atomic E-state index is -0.621. The van der Waals surface area contributed by atoms with E-state index in [1.165, 1.54) is 4.90 Å². The predicted octanol–water partition coefficient (Wildman–Crippen LogP) is 0.341. The van der Waals surface area contributed by atoms with Gasteiger partial charge in [0.2, 0.25) is 18.2 Å². The molecule has 3 amide bonds. The minimum Gasteiger partial charge on any atom is -0.398 e. The van der Waals surface area contributed by atoms with Crippen LogP contribution in [0.3, 0.4) is 0 Å². The molecule has 0 aromatic heterocycles. The Hall–Kier alpha value is -2.37. The molecule has 2 rings (SSSR count). The molecule has 106 valence electrons. The van der Waals surface area contributed by atoms with Gasteiger partial charge in [-0.25, -0.2) is 0 Å². The Balaban J connectivity index is 2.19. The summed E-state index contributed by atoms with van der Waals surface area (Å²) in [5, 5.41) is 2.25. The van der Waals surface area contributed by atoms with Crippen molar-refractivity contribution >= 4 is 23.9 Å². The third kappa shape index (κ3) is 2.79. The summed E-state index contributed by atoms with van der Waals surface area (Å²) in [5.74, 6) is -0.729. The van der Waals surface area contributed by atoms with Gasteiger partial charge in [0.05, 0.1) is 0 Å². The molecule has 1 unspecified atom stereocenters. The fraction of sp³-hybridized carbons (Fsp3) is 0.357. The smallest absolute Gasteiger partial charge is 0.249 e. The van der Waals surface area contributed by atoms with Gasteiger partial charge in [0, 0.05) is 18.7 Å². The topological polar surface area (TPSA) is 92.5 Å². The van der Waals surface area contributed by atoms with Crippen LogP contribution in [0.2, 0.25) is 0 Å². The number of aryl methyl sites for hydroxylation is 1. The number of amides is 3. The highest BCUT2D eigenvalue weighted by Crippen LogP contribution is 2.21. The van der Waals surface area contributed by atoms with Gasteiger partial charge >= 0.3 is 0 Å². The van der Waals surface area contributed by atoms with Crippen LogP contribution in [-0.2, 0) is 20.9 Å². The number of nitrogens with one attached hydrogen (secondary N) is 1. The number of benzene rings is 1. The van der Waals surface area contributed by atoms with E-state index in [9.17, 15) is 14.4 Å². The van der Waals surface area contributed by atoms with E-state index in [4.69, 9.17) is 5.73 Å². The molecular weight excluding hydrogens is 258 g/mol. The number of carbonyl (C=O) groups excluding carboxylic acids is 3. The average Bonchev–Trinajstić information content (AvgIpc) is 2.40. The molecule has 1 saturated heterocycles. The molecule has 3 N–H and O–H groups in total. The van der Waals surface area contributed by atoms with Crippen LogP contribution in [0.5, 0.6) is 0 Å². The van der Waals surface area contributed by atoms with Crippen LogP contribution in [0.4, 0.5) is 5.69 Å². The van der Waals surface area contributed by atoms with Crippen molar-refractivity contribution in [3.8, 4) is 0 Å². The summed E-state index contributed by atoms with van der Waals surface area (Å²) >= 11 is 0. The van der Waals surface area contributed by atoms with Crippen LogP contribution in [0, 0.1) is 6.92 Å². The Morgan fingerprint density at radius 2 is 2.20 bits per heavy atom. The molecule has 1 heterocycles. The summed E-state index contributed by atoms with van der Waals surface area (Å²) < 4.78 is 0. The minimum absolute atomic E-state index is 0.240. The maximum absolute atomic E-state index is 11.8. The van der Waals surface area contributed by atoms with Crippen LogP contribution in [0.1, 0.15) is 24.0 Å². The van der Waals surface area contributed by atoms with Gasteiger partial charge in [-0.1, -0.05) is 12.1 Å². The zero-order valence-corrected chi connectivity index (χ0v) is 11.3. The lowest BCUT2D eigenvalue weighted by Crippen LogP contribution is -2.51. The number of carbonyl (C=O) groups is 3. The number of rotatable bonds is 4. The van der Waals surface area contributed by atoms with Gasteiger partial charge in [0.1, 0.15) is 6.04 Å². The van der Waals surface area contributed by atoms with E-state index < -0.39 is 11.9 Å². The summed E-state index contributed by atoms with van der Waals surface area (Å²) in [5.41, 5.74) is 8.29. The van der Waals surface area contributed by atoms with Gasteiger partial charge in [-0.15, -0.1) is 0 Å². The molecular formula is C14H17N3O3. The van der Waals surface area contributed by atoms with Crippen molar-refractivity contribution in [2.75, 3.05) is 5.73 Å². The number of piperidine rings is 1. The highest BCUT2D eigenvalue weighted by atomic mass is 16.2. The molecule has 1 aromatic rings. The van der Waals surface area contributed by atoms with E-state index in [1.807, 2.05) is 19.1 Å². The number of nitrogens with zero attached hydrogens (tertiary/aromatic N) is 1. The third-order valence-electron chi connectivity index (χ3n) is 3.53. The lowest BCUT2D eigenvalue weighted by atomic mass is 10.0. The van der Waals surface area contributed by atoms with E-state index in [2.05, 4.69) is 5.32 Å². The van der Waals surface area contributed by atoms with E-state index in [-0.39, 0.29) is 18.9 Å². The second kappa shape index (κ2) is 5.73. The summed E-state index contributed by atoms with van der Waals surface area (Å²) in [6, 6.07) is 4.88. The van der Waals surface area contributed by atoms with Crippen LogP contribution < -0.4 is 11.1 Å². The fourth-order valence-corrected chi connectivity index (χ4v) is 2.34. The highest BCUT2D eigenvalue weighted by molar-refractivity contribution is 6.00. The van der Waals surface area contributed by atoms with Gasteiger partial charge in [-0.3, -0.25) is 19.7 Å². The molecule has 6 nitrogen and oxygen atoms in total. The number of nitrogen functional groups attached to an aromatic ring is 1. The Bertz CT molecular complexity index is 536. The molecule has 0 aliphatic carbocycles. The zero-order chi connectivity index (χ0) is 14.7. The molecule has 1 fully saturated rings. The van der Waals surface area contributed by atoms with Crippen molar-refractivity contribution in [1.82, 2.24) is 10.2 Å². The van der Waals surface area contributed by atoms with Gasteiger partial charge in [-0.2, -0.15) is 0 Å². The quantitative estimate of drug-likeness (QED) is 0.471. The zero-order valence-electron chi connectivity index (χ0n) is 11.3. The Kier molecular flexibility index (Phi) is 4.02. The number of nitrogens with two attached hydrogens (primary N) is 1. The van der Waals surface area contributed by atoms with Crippen LogP contribution >= 0.6 is 0 Å². The normalized spacial score (nSPS) is 18.6. The molecule has 1 aromatic carbocycles. The van der Waals surface area contributed by atoms with Gasteiger partial charge in [0.15, 0.2) is 0 Å². The Morgan fingerprint density at radius 3 is 2.80 bits per heavy atom. The van der Waals surface area contributed by atoms with E-state index >= 15 is 0 Å². The van der Waals surface area contributed by atoms with Crippen molar-refractivity contribution in [3.05, 3.63) is 29.3 Å². The molecule has 0 radical (unpaired) electrons. The highest BCUT2D eigenvalue weighted by Gasteiger charge is 2.31. The molecule has 20 heavy (non-hydrogen) atoms. The first kappa shape index (κ1) is 14.0. The summed E-state index contributed by atoms with van der Waals surface area (Å²) in [7, 11) is 0. The summed E-state index contributed by atoms with van der Waals surface area (Å²) in [6.45, 7) is 2.16. The molecule has 0 bridgehead atoms. The van der Waals surface area contributed by atoms with Gasteiger partial charge < -0.3 is 10.6 Å². The first-order valence-electron chi connectivity index (χ1n) is 6.41. The number of hydrogen-bond donors (Lipinski definition) is 2. The average molecular weight is 275 g/mol. The maximum Gasteiger partial charge on any atom is 0.249 e. The van der Waals surface area contributed by atoms with Gasteiger partial charge in [0.25, 0.3) is 0 Å². The number of hydrogen-bond acceptors (Lipinski definition) is 4. The molecule has 1 aliphatic rings. The third-order valence-corrected chi connectivity index (χ3v) is 3.53. The second-order valence-electron chi connectivity index (χ2n) is 4.89. The lowest BCUT2D eigenvalue weighted by Gasteiger charge is -2.30. The van der Waals surface area contributed by atoms with E-state index in [1.54, 1.807) is 6.07 Å². The Labute approximate surface area is 116 Å². The SMILES string of the molecule is Cc1cccc(N)c1CN(C=O)C1CCC(=O)NC1=O. The van der Waals surface area contributed by atoms with Crippen molar-refractivity contribution in [2.24, 2.45) is 0 Å². The van der Waals surface area contributed by atoms with Crippen LogP contribution in [0.25, 0.3) is 0 Å². The molecule has 0 saturated carbocycles. The van der Waals surface area contributed by atoms with Crippen molar-refractivity contribution in [3.63, 3.8) is 0 Å². The van der Waals surface area contributed by atoms with Gasteiger partial charge in [-0.05, 0) is 30.5 Å².